The maximum atomic E-state index is 13.5. The minimum Gasteiger partial charge on any atom is -0.497 e. The van der Waals surface area contributed by atoms with Gasteiger partial charge in [-0.2, -0.15) is 4.31 Å². The van der Waals surface area contributed by atoms with Crippen molar-refractivity contribution in [3.8, 4) is 17.0 Å². The predicted octanol–water partition coefficient (Wildman–Crippen LogP) is 4.68. The number of carbonyl (C=O) groups excluding carboxylic acids is 2. The number of nitrogens with one attached hydrogen (secondary N) is 1. The van der Waals surface area contributed by atoms with Gasteiger partial charge in [-0.05, 0) is 53.9 Å². The number of sulfonamides is 1. The third-order valence-electron chi connectivity index (χ3n) is 6.57. The van der Waals surface area contributed by atoms with Crippen LogP contribution in [0.15, 0.2) is 89.1 Å². The highest BCUT2D eigenvalue weighted by molar-refractivity contribution is 7.89. The molecule has 1 unspecified atom stereocenters. The minimum absolute atomic E-state index is 0.157. The average molecular weight is 578 g/mol. The zero-order chi connectivity index (χ0) is 28.1. The predicted molar refractivity (Wildman–Crippen MR) is 152 cm³/mol. The first-order valence-electron chi connectivity index (χ1n) is 12.6. The van der Waals surface area contributed by atoms with E-state index in [9.17, 15) is 18.0 Å². The molecule has 9 nitrogen and oxygen atoms in total. The average Bonchev–Trinajstić information content (AvgIpc) is 3.45. The Kier molecular flexibility index (Phi) is 8.24. The fourth-order valence-electron chi connectivity index (χ4n) is 4.60. The maximum absolute atomic E-state index is 13.5. The lowest BCUT2D eigenvalue weighted by molar-refractivity contribution is -0.148. The first kappa shape index (κ1) is 27.5. The van der Waals surface area contributed by atoms with Crippen LogP contribution < -0.4 is 10.1 Å². The number of fused-ring (bicyclic) bond motifs is 1. The summed E-state index contributed by atoms with van der Waals surface area (Å²) in [7, 11) is -2.27. The Hall–Kier alpha value is -4.06. The number of anilines is 1. The molecule has 1 aromatic heterocycles. The van der Waals surface area contributed by atoms with Gasteiger partial charge in [0.05, 0.1) is 30.2 Å². The standard InChI is InChI=1S/C29H27N3O6S2/c1-37-22-13-11-21(12-14-22)25-19-39-29(30-25)31-27(33)18-38-28(34)17-26-24-10-6-5-7-20(24)15-16-32(26)40(35,36)23-8-3-2-4-9-23/h2-14,19,26H,15-18H2,1H3,(H,30,31,33). The molecule has 0 aliphatic carbocycles. The second-order valence-electron chi connectivity index (χ2n) is 9.07. The van der Waals surface area contributed by atoms with E-state index in [1.54, 1.807) is 25.3 Å². The van der Waals surface area contributed by atoms with Crippen LogP contribution >= 0.6 is 11.3 Å². The number of aromatic nitrogens is 1. The number of esters is 1. The monoisotopic (exact) mass is 577 g/mol. The fraction of sp³-hybridized carbons (Fsp3) is 0.207. The second kappa shape index (κ2) is 12.0. The Morgan fingerprint density at radius 2 is 1.75 bits per heavy atom. The number of rotatable bonds is 9. The van der Waals surface area contributed by atoms with Gasteiger partial charge in [-0.3, -0.25) is 14.9 Å². The van der Waals surface area contributed by atoms with Crippen LogP contribution in [0.5, 0.6) is 5.75 Å². The van der Waals surface area contributed by atoms with Crippen LogP contribution in [0.25, 0.3) is 11.3 Å². The molecule has 0 saturated heterocycles. The number of hydrogen-bond donors (Lipinski definition) is 1. The van der Waals surface area contributed by atoms with Crippen molar-refractivity contribution in [1.82, 2.24) is 9.29 Å². The van der Waals surface area contributed by atoms with Gasteiger partial charge in [0.2, 0.25) is 10.0 Å². The Balaban J connectivity index is 1.23. The van der Waals surface area contributed by atoms with Gasteiger partial charge in [-0.15, -0.1) is 11.3 Å². The first-order chi connectivity index (χ1) is 19.3. The quantitative estimate of drug-likeness (QED) is 0.287. The first-order valence-corrected chi connectivity index (χ1v) is 14.9. The van der Waals surface area contributed by atoms with Gasteiger partial charge in [-0.1, -0.05) is 42.5 Å². The summed E-state index contributed by atoms with van der Waals surface area (Å²) in [5, 5.41) is 4.82. The molecule has 0 fully saturated rings. The second-order valence-corrected chi connectivity index (χ2v) is 11.8. The van der Waals surface area contributed by atoms with E-state index >= 15 is 0 Å². The molecule has 1 aliphatic rings. The van der Waals surface area contributed by atoms with Crippen LogP contribution in [0.4, 0.5) is 5.13 Å². The van der Waals surface area contributed by atoms with Gasteiger partial charge in [0.15, 0.2) is 11.7 Å². The summed E-state index contributed by atoms with van der Waals surface area (Å²) < 4.78 is 38.8. The van der Waals surface area contributed by atoms with E-state index in [1.807, 2.05) is 53.9 Å². The number of methoxy groups -OCH3 is 1. The SMILES string of the molecule is COc1ccc(-c2csc(NC(=O)COC(=O)CC3c4ccccc4CCN3S(=O)(=O)c3ccccc3)n2)cc1. The molecular weight excluding hydrogens is 550 g/mol. The van der Waals surface area contributed by atoms with E-state index < -0.39 is 34.5 Å². The summed E-state index contributed by atoms with van der Waals surface area (Å²) in [6, 6.07) is 22.2. The van der Waals surface area contributed by atoms with E-state index in [-0.39, 0.29) is 17.9 Å². The summed E-state index contributed by atoms with van der Waals surface area (Å²) in [5.41, 5.74) is 3.29. The van der Waals surface area contributed by atoms with Crippen molar-refractivity contribution in [3.63, 3.8) is 0 Å². The Morgan fingerprint density at radius 1 is 1.02 bits per heavy atom. The van der Waals surface area contributed by atoms with E-state index in [0.717, 1.165) is 22.4 Å². The van der Waals surface area contributed by atoms with Crippen molar-refractivity contribution in [2.75, 3.05) is 25.6 Å². The number of nitrogens with zero attached hydrogens (tertiary/aromatic N) is 2. The number of thiazole rings is 1. The summed E-state index contributed by atoms with van der Waals surface area (Å²) in [6.07, 6.45) is 0.303. The van der Waals surface area contributed by atoms with Crippen molar-refractivity contribution in [2.24, 2.45) is 0 Å². The van der Waals surface area contributed by atoms with Crippen molar-refractivity contribution >= 4 is 38.4 Å². The molecule has 1 amide bonds. The number of carbonyl (C=O) groups is 2. The van der Waals surface area contributed by atoms with Gasteiger partial charge in [0.1, 0.15) is 5.75 Å². The topological polar surface area (TPSA) is 115 Å². The highest BCUT2D eigenvalue weighted by Crippen LogP contribution is 2.36. The van der Waals surface area contributed by atoms with Gasteiger partial charge < -0.3 is 9.47 Å². The van der Waals surface area contributed by atoms with Gasteiger partial charge in [0.25, 0.3) is 5.91 Å². The number of ether oxygens (including phenoxy) is 2. The molecule has 40 heavy (non-hydrogen) atoms. The van der Waals surface area contributed by atoms with Gasteiger partial charge in [0, 0.05) is 17.5 Å². The lowest BCUT2D eigenvalue weighted by Crippen LogP contribution is -2.41. The molecule has 11 heteroatoms. The van der Waals surface area contributed by atoms with Crippen molar-refractivity contribution in [3.05, 3.63) is 95.4 Å². The molecule has 3 aromatic carbocycles. The molecule has 5 rings (SSSR count). The van der Waals surface area contributed by atoms with Crippen LogP contribution in [0.1, 0.15) is 23.6 Å². The third kappa shape index (κ3) is 6.06. The zero-order valence-corrected chi connectivity index (χ0v) is 23.3. The van der Waals surface area contributed by atoms with Crippen LogP contribution in [0.3, 0.4) is 0 Å². The normalized spacial score (nSPS) is 15.2. The highest BCUT2D eigenvalue weighted by atomic mass is 32.2. The zero-order valence-electron chi connectivity index (χ0n) is 21.6. The van der Waals surface area contributed by atoms with E-state index in [2.05, 4.69) is 10.3 Å². The number of benzene rings is 3. The number of hydrogen-bond acceptors (Lipinski definition) is 8. The van der Waals surface area contributed by atoms with Crippen molar-refractivity contribution in [2.45, 2.75) is 23.8 Å². The molecule has 0 spiro atoms. The molecule has 0 saturated carbocycles. The van der Waals surface area contributed by atoms with E-state index in [1.165, 1.54) is 27.8 Å². The minimum atomic E-state index is -3.86. The Bertz CT molecular complexity index is 1600. The van der Waals surface area contributed by atoms with Gasteiger partial charge >= 0.3 is 5.97 Å². The number of amides is 1. The van der Waals surface area contributed by atoms with Gasteiger partial charge in [-0.25, -0.2) is 13.4 Å². The Morgan fingerprint density at radius 3 is 2.50 bits per heavy atom. The van der Waals surface area contributed by atoms with E-state index in [4.69, 9.17) is 9.47 Å². The summed E-state index contributed by atoms with van der Waals surface area (Å²) in [6.45, 7) is -0.288. The van der Waals surface area contributed by atoms with Crippen LogP contribution in [0.2, 0.25) is 0 Å². The van der Waals surface area contributed by atoms with Crippen molar-refractivity contribution in [1.29, 1.82) is 0 Å². The Labute approximate surface area is 236 Å². The molecule has 4 aromatic rings. The third-order valence-corrected chi connectivity index (χ3v) is 9.25. The maximum Gasteiger partial charge on any atom is 0.308 e. The summed E-state index contributed by atoms with van der Waals surface area (Å²) in [4.78, 5) is 30.0. The van der Waals surface area contributed by atoms with Crippen LogP contribution in [0, 0.1) is 0 Å². The molecular formula is C29H27N3O6S2. The van der Waals surface area contributed by atoms with Crippen molar-refractivity contribution < 1.29 is 27.5 Å². The largest absolute Gasteiger partial charge is 0.497 e. The lowest BCUT2D eigenvalue weighted by atomic mass is 9.92. The molecule has 1 atom stereocenters. The van der Waals surface area contributed by atoms with Crippen LogP contribution in [-0.2, 0) is 30.8 Å². The lowest BCUT2D eigenvalue weighted by Gasteiger charge is -2.36. The highest BCUT2D eigenvalue weighted by Gasteiger charge is 2.37. The molecule has 0 radical (unpaired) electrons. The molecule has 2 heterocycles. The molecule has 0 bridgehead atoms. The summed E-state index contributed by atoms with van der Waals surface area (Å²) >= 11 is 1.25. The molecule has 206 valence electrons. The van der Waals surface area contributed by atoms with E-state index in [0.29, 0.717) is 17.2 Å². The summed E-state index contributed by atoms with van der Waals surface area (Å²) in [5.74, 6) is -0.489. The molecule has 1 aliphatic heterocycles. The fourth-order valence-corrected chi connectivity index (χ4v) is 6.96. The van der Waals surface area contributed by atoms with Crippen LogP contribution in [-0.4, -0.2) is 49.8 Å². The smallest absolute Gasteiger partial charge is 0.308 e. The molecule has 1 N–H and O–H groups in total.